The number of nitrogens with zero attached hydrogens (tertiary/aromatic N) is 4. The first-order valence-electron chi connectivity index (χ1n) is 9.33. The molecule has 4 rings (SSSR count). The van der Waals surface area contributed by atoms with Crippen LogP contribution in [0.4, 0.5) is 5.69 Å². The Balaban J connectivity index is 1.49. The largest absolute Gasteiger partial charge is 0.382 e. The second-order valence-electron chi connectivity index (χ2n) is 7.26. The topological polar surface area (TPSA) is 55.6 Å². The molecule has 3 aromatic rings. The van der Waals surface area contributed by atoms with Crippen LogP contribution in [0.2, 0.25) is 0 Å². The van der Waals surface area contributed by atoms with Gasteiger partial charge in [-0.25, -0.2) is 0 Å². The number of hydrogen-bond acceptors (Lipinski definition) is 4. The molecule has 0 saturated heterocycles. The maximum Gasteiger partial charge on any atom is 0.163 e. The molecule has 5 heteroatoms. The molecular weight excluding hydrogens is 322 g/mol. The highest BCUT2D eigenvalue weighted by Crippen LogP contribution is 2.34. The minimum atomic E-state index is 0.477. The average molecular weight is 347 g/mol. The van der Waals surface area contributed by atoms with Gasteiger partial charge in [0.15, 0.2) is 5.82 Å². The van der Waals surface area contributed by atoms with Crippen LogP contribution in [0.15, 0.2) is 48.9 Å². The summed E-state index contributed by atoms with van der Waals surface area (Å²) in [5, 5.41) is 11.9. The van der Waals surface area contributed by atoms with E-state index < -0.39 is 0 Å². The summed E-state index contributed by atoms with van der Waals surface area (Å²) in [4.78, 5) is 4.66. The molecule has 1 fully saturated rings. The fourth-order valence-electron chi connectivity index (χ4n) is 4.02. The zero-order valence-electron chi connectivity index (χ0n) is 15.4. The van der Waals surface area contributed by atoms with Crippen molar-refractivity contribution in [2.24, 2.45) is 7.05 Å². The van der Waals surface area contributed by atoms with Crippen molar-refractivity contribution in [1.82, 2.24) is 19.7 Å². The molecule has 2 aromatic heterocycles. The lowest BCUT2D eigenvalue weighted by Gasteiger charge is -2.31. The Morgan fingerprint density at radius 3 is 2.88 bits per heavy atom. The molecule has 1 N–H and O–H groups in total. The van der Waals surface area contributed by atoms with Crippen LogP contribution in [0.5, 0.6) is 0 Å². The van der Waals surface area contributed by atoms with Crippen molar-refractivity contribution in [3.05, 3.63) is 60.2 Å². The fraction of sp³-hybridized carbons (Fsp3) is 0.381. The molecule has 5 nitrogen and oxygen atoms in total. The Morgan fingerprint density at radius 2 is 2.08 bits per heavy atom. The highest BCUT2D eigenvalue weighted by Gasteiger charge is 2.25. The summed E-state index contributed by atoms with van der Waals surface area (Å²) < 4.78 is 1.94. The van der Waals surface area contributed by atoms with Crippen molar-refractivity contribution in [2.75, 3.05) is 5.32 Å². The molecule has 0 aliphatic heterocycles. The molecule has 2 atom stereocenters. The molecule has 0 unspecified atom stereocenters. The van der Waals surface area contributed by atoms with E-state index in [9.17, 15) is 0 Å². The van der Waals surface area contributed by atoms with Crippen LogP contribution >= 0.6 is 0 Å². The molecule has 2 heterocycles. The summed E-state index contributed by atoms with van der Waals surface area (Å²) in [5.41, 5.74) is 4.81. The van der Waals surface area contributed by atoms with Crippen LogP contribution in [-0.4, -0.2) is 25.8 Å². The van der Waals surface area contributed by atoms with Crippen LogP contribution in [-0.2, 0) is 7.05 Å². The van der Waals surface area contributed by atoms with Crippen LogP contribution in [0.25, 0.3) is 11.4 Å². The van der Waals surface area contributed by atoms with Gasteiger partial charge in [-0.2, -0.15) is 0 Å². The minimum Gasteiger partial charge on any atom is -0.382 e. The SMILES string of the molecule is Cc1cccnc1[C@@H]1CCC[C@H](Nc2cccc(-c3nncn3C)c2)C1. The molecule has 0 bridgehead atoms. The third kappa shape index (κ3) is 3.47. The summed E-state index contributed by atoms with van der Waals surface area (Å²) in [6, 6.07) is 13.1. The van der Waals surface area contributed by atoms with Crippen molar-refractivity contribution < 1.29 is 0 Å². The van der Waals surface area contributed by atoms with Gasteiger partial charge in [-0.3, -0.25) is 4.98 Å². The van der Waals surface area contributed by atoms with E-state index in [1.165, 1.54) is 30.5 Å². The van der Waals surface area contributed by atoms with Crippen LogP contribution in [0.3, 0.4) is 0 Å². The smallest absolute Gasteiger partial charge is 0.163 e. The standard InChI is InChI=1S/C21H25N5/c1-15-6-5-11-22-20(15)16-7-3-9-18(12-16)24-19-10-4-8-17(13-19)21-25-23-14-26(21)2/h4-6,8,10-11,13-14,16,18,24H,3,7,9,12H2,1-2H3/t16-,18+/m1/s1. The van der Waals surface area contributed by atoms with Gasteiger partial charge < -0.3 is 9.88 Å². The molecule has 0 spiro atoms. The predicted molar refractivity (Wildman–Crippen MR) is 104 cm³/mol. The van der Waals surface area contributed by atoms with E-state index in [0.29, 0.717) is 12.0 Å². The number of aromatic nitrogens is 4. The number of hydrogen-bond donors (Lipinski definition) is 1. The summed E-state index contributed by atoms with van der Waals surface area (Å²) in [7, 11) is 1.97. The Hall–Kier alpha value is -2.69. The van der Waals surface area contributed by atoms with Crippen molar-refractivity contribution in [2.45, 2.75) is 44.6 Å². The monoisotopic (exact) mass is 347 g/mol. The lowest BCUT2D eigenvalue weighted by molar-refractivity contribution is 0.404. The van der Waals surface area contributed by atoms with Crippen LogP contribution in [0, 0.1) is 6.92 Å². The first kappa shape index (κ1) is 16.8. The van der Waals surface area contributed by atoms with E-state index in [4.69, 9.17) is 0 Å². The molecule has 1 aromatic carbocycles. The normalized spacial score (nSPS) is 20.1. The zero-order valence-corrected chi connectivity index (χ0v) is 15.4. The third-order valence-electron chi connectivity index (χ3n) is 5.31. The molecule has 0 radical (unpaired) electrons. The number of nitrogens with one attached hydrogen (secondary N) is 1. The average Bonchev–Trinajstić information content (AvgIpc) is 3.09. The first-order valence-corrected chi connectivity index (χ1v) is 9.33. The Kier molecular flexibility index (Phi) is 4.69. The molecule has 1 aliphatic carbocycles. The lowest BCUT2D eigenvalue weighted by Crippen LogP contribution is -2.27. The van der Waals surface area contributed by atoms with Gasteiger partial charge in [-0.15, -0.1) is 10.2 Å². The van der Waals surface area contributed by atoms with Crippen LogP contribution in [0.1, 0.15) is 42.9 Å². The Bertz CT molecular complexity index is 885. The van der Waals surface area contributed by atoms with Crippen LogP contribution < -0.4 is 5.32 Å². The predicted octanol–water partition coefficient (Wildman–Crippen LogP) is 4.32. The molecule has 1 aliphatic rings. The number of aryl methyl sites for hydroxylation is 2. The maximum atomic E-state index is 4.66. The lowest BCUT2D eigenvalue weighted by atomic mass is 9.82. The van der Waals surface area contributed by atoms with Gasteiger partial charge in [0.05, 0.1) is 0 Å². The van der Waals surface area contributed by atoms with Crippen molar-refractivity contribution in [3.63, 3.8) is 0 Å². The summed E-state index contributed by atoms with van der Waals surface area (Å²) >= 11 is 0. The third-order valence-corrected chi connectivity index (χ3v) is 5.31. The van der Waals surface area contributed by atoms with E-state index in [1.807, 2.05) is 23.9 Å². The van der Waals surface area contributed by atoms with E-state index in [-0.39, 0.29) is 0 Å². The Morgan fingerprint density at radius 1 is 1.15 bits per heavy atom. The number of anilines is 1. The second kappa shape index (κ2) is 7.28. The van der Waals surface area contributed by atoms with E-state index in [2.05, 4.69) is 57.8 Å². The van der Waals surface area contributed by atoms with Crippen molar-refractivity contribution in [1.29, 1.82) is 0 Å². The Labute approximate surface area is 154 Å². The van der Waals surface area contributed by atoms with E-state index >= 15 is 0 Å². The van der Waals surface area contributed by atoms with Gasteiger partial charge in [0, 0.05) is 42.1 Å². The van der Waals surface area contributed by atoms with Gasteiger partial charge in [0.1, 0.15) is 6.33 Å². The second-order valence-corrected chi connectivity index (χ2v) is 7.26. The van der Waals surface area contributed by atoms with Gasteiger partial charge in [-0.1, -0.05) is 24.6 Å². The number of rotatable bonds is 4. The highest BCUT2D eigenvalue weighted by molar-refractivity contribution is 5.62. The van der Waals surface area contributed by atoms with Gasteiger partial charge >= 0.3 is 0 Å². The van der Waals surface area contributed by atoms with E-state index in [1.54, 1.807) is 6.33 Å². The summed E-state index contributed by atoms with van der Waals surface area (Å²) in [6.45, 7) is 2.17. The highest BCUT2D eigenvalue weighted by atomic mass is 15.2. The maximum absolute atomic E-state index is 4.66. The first-order chi connectivity index (χ1) is 12.7. The minimum absolute atomic E-state index is 0.477. The molecular formula is C21H25N5. The van der Waals surface area contributed by atoms with Gasteiger partial charge in [0.25, 0.3) is 0 Å². The molecule has 0 amide bonds. The van der Waals surface area contributed by atoms with Crippen molar-refractivity contribution in [3.8, 4) is 11.4 Å². The molecule has 1 saturated carbocycles. The molecule has 134 valence electrons. The number of pyridine rings is 1. The summed E-state index contributed by atoms with van der Waals surface area (Å²) in [5.74, 6) is 1.43. The van der Waals surface area contributed by atoms with Gasteiger partial charge in [0.2, 0.25) is 0 Å². The summed E-state index contributed by atoms with van der Waals surface area (Å²) in [6.07, 6.45) is 8.46. The zero-order chi connectivity index (χ0) is 17.9. The van der Waals surface area contributed by atoms with Gasteiger partial charge in [-0.05, 0) is 49.9 Å². The quantitative estimate of drug-likeness (QED) is 0.763. The van der Waals surface area contributed by atoms with Crippen molar-refractivity contribution >= 4 is 5.69 Å². The fourth-order valence-corrected chi connectivity index (χ4v) is 4.02. The van der Waals surface area contributed by atoms with E-state index in [0.717, 1.165) is 23.5 Å². The molecule has 26 heavy (non-hydrogen) atoms. The number of benzene rings is 1.